The van der Waals surface area contributed by atoms with Gasteiger partial charge in [0.15, 0.2) is 6.61 Å². The minimum Gasteiger partial charge on any atom is -0.484 e. The molecule has 2 rings (SSSR count). The molecule has 0 radical (unpaired) electrons. The first-order valence-corrected chi connectivity index (χ1v) is 9.78. The highest BCUT2D eigenvalue weighted by molar-refractivity contribution is 7.80. The molecule has 29 heavy (non-hydrogen) atoms. The summed E-state index contributed by atoms with van der Waals surface area (Å²) in [6.07, 6.45) is 0.393. The van der Waals surface area contributed by atoms with Crippen molar-refractivity contribution in [3.63, 3.8) is 0 Å². The summed E-state index contributed by atoms with van der Waals surface area (Å²) in [7, 11) is 0. The Kier molecular flexibility index (Phi) is 9.04. The Morgan fingerprint density at radius 2 is 1.55 bits per heavy atom. The van der Waals surface area contributed by atoms with E-state index in [1.165, 1.54) is 0 Å². The molecule has 154 valence electrons. The summed E-state index contributed by atoms with van der Waals surface area (Å²) >= 11 is 4.03. The molecule has 0 aliphatic carbocycles. The molecule has 2 atom stereocenters. The van der Waals surface area contributed by atoms with Gasteiger partial charge in [0.05, 0.1) is 0 Å². The summed E-state index contributed by atoms with van der Waals surface area (Å²) in [6, 6.07) is 16.0. The summed E-state index contributed by atoms with van der Waals surface area (Å²) in [6.45, 7) is -0.262. The highest BCUT2D eigenvalue weighted by atomic mass is 32.1. The van der Waals surface area contributed by atoms with Crippen molar-refractivity contribution >= 4 is 30.4 Å². The first-order chi connectivity index (χ1) is 14.0. The molecule has 0 bridgehead atoms. The number of para-hydroxylation sites is 1. The Bertz CT molecular complexity index is 801. The Hall–Kier alpha value is -3.00. The van der Waals surface area contributed by atoms with E-state index in [1.54, 1.807) is 24.3 Å². The molecule has 2 amide bonds. The van der Waals surface area contributed by atoms with Crippen molar-refractivity contribution < 1.29 is 24.2 Å². The third kappa shape index (κ3) is 7.87. The number of aliphatic carboxylic acids is 1. The first-order valence-electron chi connectivity index (χ1n) is 9.14. The lowest BCUT2D eigenvalue weighted by molar-refractivity contribution is -0.142. The summed E-state index contributed by atoms with van der Waals surface area (Å²) in [4.78, 5) is 36.3. The summed E-state index contributed by atoms with van der Waals surface area (Å²) in [5.41, 5.74) is 0.831. The van der Waals surface area contributed by atoms with Crippen LogP contribution in [-0.4, -0.2) is 47.3 Å². The normalized spacial score (nSPS) is 12.4. The number of benzene rings is 2. The lowest BCUT2D eigenvalue weighted by Crippen LogP contribution is -2.53. The Labute approximate surface area is 174 Å². The lowest BCUT2D eigenvalue weighted by Gasteiger charge is -2.21. The zero-order valence-electron chi connectivity index (χ0n) is 15.8. The average Bonchev–Trinajstić information content (AvgIpc) is 2.73. The Balaban J connectivity index is 2.04. The molecule has 0 fully saturated rings. The van der Waals surface area contributed by atoms with Gasteiger partial charge in [0.1, 0.15) is 17.8 Å². The fourth-order valence-corrected chi connectivity index (χ4v) is 2.88. The number of carbonyl (C=O) groups excluding carboxylic acids is 2. The third-order valence-corrected chi connectivity index (χ3v) is 4.34. The quantitative estimate of drug-likeness (QED) is 0.417. The molecule has 0 aromatic heterocycles. The highest BCUT2D eigenvalue weighted by Gasteiger charge is 2.26. The van der Waals surface area contributed by atoms with Gasteiger partial charge >= 0.3 is 5.97 Å². The van der Waals surface area contributed by atoms with Crippen LogP contribution in [0.4, 0.5) is 0 Å². The van der Waals surface area contributed by atoms with Crippen LogP contribution >= 0.6 is 12.6 Å². The van der Waals surface area contributed by atoms with Crippen LogP contribution in [0.2, 0.25) is 0 Å². The minimum atomic E-state index is -1.15. The van der Waals surface area contributed by atoms with Crippen molar-refractivity contribution in [1.29, 1.82) is 0 Å². The number of carboxylic acid groups (broad SMARTS) is 1. The number of hydrogen-bond acceptors (Lipinski definition) is 5. The Morgan fingerprint density at radius 3 is 2.14 bits per heavy atom. The molecule has 2 aromatic rings. The number of thiol groups is 1. The molecule has 0 spiro atoms. The fourth-order valence-electron chi connectivity index (χ4n) is 2.62. The number of amides is 2. The topological polar surface area (TPSA) is 105 Å². The van der Waals surface area contributed by atoms with Crippen molar-refractivity contribution in [3.8, 4) is 5.75 Å². The van der Waals surface area contributed by atoms with Crippen molar-refractivity contribution in [2.24, 2.45) is 0 Å². The second-order valence-electron chi connectivity index (χ2n) is 6.32. The number of ether oxygens (including phenoxy) is 1. The molecule has 0 saturated carbocycles. The van der Waals surface area contributed by atoms with E-state index in [9.17, 15) is 19.5 Å². The highest BCUT2D eigenvalue weighted by Crippen LogP contribution is 2.08. The number of rotatable bonds is 11. The third-order valence-electron chi connectivity index (χ3n) is 4.08. The molecule has 3 N–H and O–H groups in total. The van der Waals surface area contributed by atoms with Crippen LogP contribution in [0, 0.1) is 0 Å². The maximum Gasteiger partial charge on any atom is 0.326 e. The summed E-state index contributed by atoms with van der Waals surface area (Å²) in [5, 5.41) is 14.4. The largest absolute Gasteiger partial charge is 0.484 e. The van der Waals surface area contributed by atoms with Crippen LogP contribution in [0.3, 0.4) is 0 Å². The van der Waals surface area contributed by atoms with E-state index in [0.29, 0.717) is 11.5 Å². The monoisotopic (exact) mass is 416 g/mol. The molecule has 8 heteroatoms. The van der Waals surface area contributed by atoms with E-state index in [4.69, 9.17) is 4.74 Å². The van der Waals surface area contributed by atoms with Crippen LogP contribution in [0.15, 0.2) is 60.7 Å². The van der Waals surface area contributed by atoms with Gasteiger partial charge in [-0.05, 0) is 29.9 Å². The molecule has 0 aliphatic rings. The van der Waals surface area contributed by atoms with Gasteiger partial charge in [-0.3, -0.25) is 9.59 Å². The standard InChI is InChI=1S/C21H24N2O5S/c24-19(14-28-16-9-5-2-6-10-16)22-18(13-15-7-3-1-4-8-15)20(25)23-17(11-12-29)21(26)27/h1-10,17-18,29H,11-14H2,(H,22,24)(H,23,25)(H,26,27)/t17-,18+/m1/s1. The fraction of sp³-hybridized carbons (Fsp3) is 0.286. The van der Waals surface area contributed by atoms with Crippen molar-refractivity contribution in [1.82, 2.24) is 10.6 Å². The molecule has 0 unspecified atom stereocenters. The predicted molar refractivity (Wildman–Crippen MR) is 112 cm³/mol. The van der Waals surface area contributed by atoms with Gasteiger partial charge in [-0.15, -0.1) is 0 Å². The van der Waals surface area contributed by atoms with E-state index in [2.05, 4.69) is 23.3 Å². The SMILES string of the molecule is O=C(COc1ccccc1)N[C@@H](Cc1ccccc1)C(=O)N[C@H](CCS)C(=O)O. The zero-order chi connectivity index (χ0) is 21.1. The van der Waals surface area contributed by atoms with E-state index >= 15 is 0 Å². The van der Waals surface area contributed by atoms with Gasteiger partial charge in [-0.1, -0.05) is 48.5 Å². The first kappa shape index (κ1) is 22.3. The van der Waals surface area contributed by atoms with Crippen molar-refractivity contribution in [2.75, 3.05) is 12.4 Å². The van der Waals surface area contributed by atoms with Crippen LogP contribution in [0.5, 0.6) is 5.75 Å². The van der Waals surface area contributed by atoms with Crippen LogP contribution in [0.25, 0.3) is 0 Å². The average molecular weight is 416 g/mol. The van der Waals surface area contributed by atoms with Gasteiger partial charge < -0.3 is 20.5 Å². The lowest BCUT2D eigenvalue weighted by atomic mass is 10.0. The maximum absolute atomic E-state index is 12.7. The second kappa shape index (κ2) is 11.8. The number of carboxylic acids is 1. The minimum absolute atomic E-state index is 0.174. The zero-order valence-corrected chi connectivity index (χ0v) is 16.7. The number of carbonyl (C=O) groups is 3. The van der Waals surface area contributed by atoms with E-state index in [0.717, 1.165) is 5.56 Å². The van der Waals surface area contributed by atoms with Gasteiger partial charge in [0.2, 0.25) is 5.91 Å². The van der Waals surface area contributed by atoms with E-state index in [-0.39, 0.29) is 19.4 Å². The summed E-state index contributed by atoms with van der Waals surface area (Å²) in [5.74, 6) is -1.36. The smallest absolute Gasteiger partial charge is 0.326 e. The predicted octanol–water partition coefficient (Wildman–Crippen LogP) is 1.68. The molecule has 0 heterocycles. The molecular formula is C21H24N2O5S. The number of nitrogens with one attached hydrogen (secondary N) is 2. The van der Waals surface area contributed by atoms with Crippen LogP contribution in [0.1, 0.15) is 12.0 Å². The number of hydrogen-bond donors (Lipinski definition) is 4. The molecule has 0 aliphatic heterocycles. The van der Waals surface area contributed by atoms with Gasteiger partial charge in [-0.25, -0.2) is 4.79 Å². The molecule has 2 aromatic carbocycles. The summed E-state index contributed by atoms with van der Waals surface area (Å²) < 4.78 is 5.41. The van der Waals surface area contributed by atoms with Crippen molar-refractivity contribution in [2.45, 2.75) is 24.9 Å². The van der Waals surface area contributed by atoms with E-state index < -0.39 is 29.9 Å². The molecule has 7 nitrogen and oxygen atoms in total. The van der Waals surface area contributed by atoms with Gasteiger partial charge in [-0.2, -0.15) is 12.6 Å². The second-order valence-corrected chi connectivity index (χ2v) is 6.77. The van der Waals surface area contributed by atoms with Crippen LogP contribution < -0.4 is 15.4 Å². The maximum atomic E-state index is 12.7. The van der Waals surface area contributed by atoms with Crippen molar-refractivity contribution in [3.05, 3.63) is 66.2 Å². The van der Waals surface area contributed by atoms with Crippen LogP contribution in [-0.2, 0) is 20.8 Å². The van der Waals surface area contributed by atoms with Gasteiger partial charge in [0, 0.05) is 6.42 Å². The van der Waals surface area contributed by atoms with Gasteiger partial charge in [0.25, 0.3) is 5.91 Å². The Morgan fingerprint density at radius 1 is 0.931 bits per heavy atom. The molecule has 0 saturated heterocycles. The molecular weight excluding hydrogens is 392 g/mol. The van der Waals surface area contributed by atoms with E-state index in [1.807, 2.05) is 36.4 Å².